The fraction of sp³-hybridized carbons (Fsp3) is 0.500. The van der Waals surface area contributed by atoms with Crippen LogP contribution in [0, 0.1) is 5.82 Å². The smallest absolute Gasteiger partial charge is 0.123 e. The lowest BCUT2D eigenvalue weighted by molar-refractivity contribution is 0.616. The number of benzene rings is 1. The van der Waals surface area contributed by atoms with Crippen molar-refractivity contribution in [2.24, 2.45) is 4.99 Å². The van der Waals surface area contributed by atoms with Crippen molar-refractivity contribution in [1.29, 1.82) is 0 Å². The Kier molecular flexibility index (Phi) is 4.13. The number of nitrogens with one attached hydrogen (secondary N) is 1. The van der Waals surface area contributed by atoms with Gasteiger partial charge >= 0.3 is 0 Å². The Balaban J connectivity index is 1.86. The van der Waals surface area contributed by atoms with Crippen molar-refractivity contribution in [3.8, 4) is 0 Å². The molecule has 1 atom stereocenters. The molecule has 1 aromatic rings. The Hall–Kier alpha value is -1.38. The third-order valence-electron chi connectivity index (χ3n) is 2.99. The molecule has 1 N–H and O–H groups in total. The van der Waals surface area contributed by atoms with Crippen LogP contribution in [0.15, 0.2) is 29.3 Å². The normalized spacial score (nSPS) is 17.4. The number of hydrogen-bond donors (Lipinski definition) is 1. The lowest BCUT2D eigenvalue weighted by Crippen LogP contribution is -2.35. The van der Waals surface area contributed by atoms with Gasteiger partial charge in [0, 0.05) is 19.0 Å². The predicted molar refractivity (Wildman–Crippen MR) is 68.9 cm³/mol. The van der Waals surface area contributed by atoms with Gasteiger partial charge in [0.25, 0.3) is 0 Å². The highest BCUT2D eigenvalue weighted by atomic mass is 19.1. The SMILES string of the molecule is CC(Cc1ccc(F)cc1)NC1=NCCCC1. The predicted octanol–water partition coefficient (Wildman–Crippen LogP) is 2.93. The summed E-state index contributed by atoms with van der Waals surface area (Å²) in [6.07, 6.45) is 4.40. The summed E-state index contributed by atoms with van der Waals surface area (Å²) in [7, 11) is 0. The first-order chi connectivity index (χ1) is 8.24. The molecule has 0 fully saturated rings. The van der Waals surface area contributed by atoms with Gasteiger partial charge in [-0.25, -0.2) is 4.39 Å². The van der Waals surface area contributed by atoms with Crippen LogP contribution >= 0.6 is 0 Å². The first-order valence-corrected chi connectivity index (χ1v) is 6.28. The third kappa shape index (κ3) is 3.84. The lowest BCUT2D eigenvalue weighted by Gasteiger charge is -2.19. The highest BCUT2D eigenvalue weighted by molar-refractivity contribution is 5.82. The summed E-state index contributed by atoms with van der Waals surface area (Å²) in [6.45, 7) is 3.09. The van der Waals surface area contributed by atoms with Crippen molar-refractivity contribution >= 4 is 5.84 Å². The average molecular weight is 234 g/mol. The highest BCUT2D eigenvalue weighted by Gasteiger charge is 2.09. The maximum atomic E-state index is 12.8. The van der Waals surface area contributed by atoms with Crippen LogP contribution in [-0.2, 0) is 6.42 Å². The van der Waals surface area contributed by atoms with Crippen molar-refractivity contribution in [2.45, 2.75) is 38.6 Å². The second kappa shape index (κ2) is 5.80. The molecular formula is C14H19FN2. The molecule has 1 aliphatic rings. The third-order valence-corrected chi connectivity index (χ3v) is 2.99. The van der Waals surface area contributed by atoms with Crippen molar-refractivity contribution in [3.05, 3.63) is 35.6 Å². The minimum Gasteiger partial charge on any atom is -0.371 e. The molecular weight excluding hydrogens is 215 g/mol. The van der Waals surface area contributed by atoms with Crippen LogP contribution in [0.4, 0.5) is 4.39 Å². The van der Waals surface area contributed by atoms with Gasteiger partial charge in [-0.1, -0.05) is 12.1 Å². The molecule has 3 heteroatoms. The highest BCUT2D eigenvalue weighted by Crippen LogP contribution is 2.08. The number of nitrogens with zero attached hydrogens (tertiary/aromatic N) is 1. The molecule has 17 heavy (non-hydrogen) atoms. The molecule has 0 saturated carbocycles. The number of hydrogen-bond acceptors (Lipinski definition) is 2. The molecule has 0 saturated heterocycles. The second-order valence-electron chi connectivity index (χ2n) is 4.66. The molecule has 1 aliphatic heterocycles. The molecule has 2 rings (SSSR count). The van der Waals surface area contributed by atoms with Gasteiger partial charge in [0.15, 0.2) is 0 Å². The first-order valence-electron chi connectivity index (χ1n) is 6.28. The summed E-state index contributed by atoms with van der Waals surface area (Å²) in [5, 5.41) is 3.44. The molecule has 1 aromatic carbocycles. The molecule has 92 valence electrons. The van der Waals surface area contributed by atoms with Crippen LogP contribution in [0.1, 0.15) is 31.7 Å². The van der Waals surface area contributed by atoms with Crippen LogP contribution in [0.5, 0.6) is 0 Å². The second-order valence-corrected chi connectivity index (χ2v) is 4.66. The van der Waals surface area contributed by atoms with E-state index in [1.807, 2.05) is 12.1 Å². The van der Waals surface area contributed by atoms with E-state index in [-0.39, 0.29) is 5.82 Å². The Morgan fingerprint density at radius 2 is 2.06 bits per heavy atom. The minimum absolute atomic E-state index is 0.175. The van der Waals surface area contributed by atoms with Crippen LogP contribution in [0.3, 0.4) is 0 Å². The molecule has 0 spiro atoms. The van der Waals surface area contributed by atoms with E-state index in [2.05, 4.69) is 17.2 Å². The Morgan fingerprint density at radius 1 is 1.29 bits per heavy atom. The standard InChI is InChI=1S/C14H19FN2/c1-11(17-14-4-2-3-9-16-14)10-12-5-7-13(15)8-6-12/h5-8,11H,2-4,9-10H2,1H3,(H,16,17). The molecule has 0 amide bonds. The fourth-order valence-electron chi connectivity index (χ4n) is 2.12. The maximum absolute atomic E-state index is 12.8. The van der Waals surface area contributed by atoms with E-state index in [0.29, 0.717) is 6.04 Å². The van der Waals surface area contributed by atoms with Gasteiger partial charge in [-0.2, -0.15) is 0 Å². The van der Waals surface area contributed by atoms with Crippen LogP contribution in [0.25, 0.3) is 0 Å². The molecule has 0 aliphatic carbocycles. The molecule has 1 unspecified atom stereocenters. The zero-order chi connectivity index (χ0) is 12.1. The van der Waals surface area contributed by atoms with Crippen molar-refractivity contribution in [1.82, 2.24) is 5.32 Å². The van der Waals surface area contributed by atoms with Gasteiger partial charge < -0.3 is 5.32 Å². The minimum atomic E-state index is -0.175. The zero-order valence-corrected chi connectivity index (χ0v) is 10.2. The van der Waals surface area contributed by atoms with E-state index in [0.717, 1.165) is 30.8 Å². The van der Waals surface area contributed by atoms with Crippen LogP contribution in [0.2, 0.25) is 0 Å². The number of rotatable bonds is 3. The van der Waals surface area contributed by atoms with E-state index in [9.17, 15) is 4.39 Å². The van der Waals surface area contributed by atoms with E-state index in [4.69, 9.17) is 0 Å². The quantitative estimate of drug-likeness (QED) is 0.854. The number of aliphatic imine (C=N–C) groups is 1. The van der Waals surface area contributed by atoms with E-state index < -0.39 is 0 Å². The van der Waals surface area contributed by atoms with Gasteiger partial charge in [-0.05, 0) is 43.9 Å². The largest absolute Gasteiger partial charge is 0.371 e. The van der Waals surface area contributed by atoms with Gasteiger partial charge in [0.1, 0.15) is 5.82 Å². The Morgan fingerprint density at radius 3 is 2.71 bits per heavy atom. The molecule has 0 bridgehead atoms. The molecule has 0 aromatic heterocycles. The number of amidine groups is 1. The molecule has 1 heterocycles. The zero-order valence-electron chi connectivity index (χ0n) is 10.2. The number of halogens is 1. The van der Waals surface area contributed by atoms with Crippen LogP contribution in [-0.4, -0.2) is 18.4 Å². The fourth-order valence-corrected chi connectivity index (χ4v) is 2.12. The summed E-state index contributed by atoms with van der Waals surface area (Å²) >= 11 is 0. The van der Waals surface area contributed by atoms with Gasteiger partial charge in [0.05, 0.1) is 5.84 Å². The van der Waals surface area contributed by atoms with E-state index in [1.165, 1.54) is 25.0 Å². The van der Waals surface area contributed by atoms with E-state index in [1.54, 1.807) is 0 Å². The maximum Gasteiger partial charge on any atom is 0.123 e. The van der Waals surface area contributed by atoms with E-state index >= 15 is 0 Å². The summed E-state index contributed by atoms with van der Waals surface area (Å²) in [4.78, 5) is 4.47. The van der Waals surface area contributed by atoms with Crippen molar-refractivity contribution in [2.75, 3.05) is 6.54 Å². The molecule has 2 nitrogen and oxygen atoms in total. The van der Waals surface area contributed by atoms with Crippen LogP contribution < -0.4 is 5.32 Å². The Bertz CT molecular complexity index is 384. The summed E-state index contributed by atoms with van der Waals surface area (Å²) in [5.41, 5.74) is 1.16. The molecule has 0 radical (unpaired) electrons. The average Bonchev–Trinajstić information content (AvgIpc) is 2.33. The Labute approximate surface area is 102 Å². The van der Waals surface area contributed by atoms with Crippen molar-refractivity contribution in [3.63, 3.8) is 0 Å². The van der Waals surface area contributed by atoms with Gasteiger partial charge in [-0.15, -0.1) is 0 Å². The first kappa shape index (κ1) is 12.1. The monoisotopic (exact) mass is 234 g/mol. The summed E-state index contributed by atoms with van der Waals surface area (Å²) in [6, 6.07) is 7.06. The lowest BCUT2D eigenvalue weighted by atomic mass is 10.1. The van der Waals surface area contributed by atoms with Crippen molar-refractivity contribution < 1.29 is 4.39 Å². The topological polar surface area (TPSA) is 24.4 Å². The summed E-state index contributed by atoms with van der Waals surface area (Å²) in [5.74, 6) is 0.955. The van der Waals surface area contributed by atoms with Gasteiger partial charge in [-0.3, -0.25) is 4.99 Å². The summed E-state index contributed by atoms with van der Waals surface area (Å²) < 4.78 is 12.8. The van der Waals surface area contributed by atoms with Gasteiger partial charge in [0.2, 0.25) is 0 Å².